The van der Waals surface area contributed by atoms with E-state index in [2.05, 4.69) is 15.2 Å². The van der Waals surface area contributed by atoms with Crippen LogP contribution in [0.2, 0.25) is 0 Å². The Kier molecular flexibility index (Phi) is 3.88. The molecule has 0 spiro atoms. The molecule has 1 fully saturated rings. The molecule has 0 amide bonds. The number of aromatic nitrogens is 2. The average molecular weight is 322 g/mol. The molecule has 0 atom stereocenters. The fourth-order valence-corrected chi connectivity index (χ4v) is 2.84. The Morgan fingerprint density at radius 2 is 1.83 bits per heavy atom. The van der Waals surface area contributed by atoms with Crippen LogP contribution in [0.25, 0.3) is 10.9 Å². The number of rotatable bonds is 3. The van der Waals surface area contributed by atoms with Crippen molar-refractivity contribution in [2.45, 2.75) is 0 Å². The molecule has 0 saturated carbocycles. The molecule has 1 aliphatic heterocycles. The molecular formula is C18H18N4O2. The summed E-state index contributed by atoms with van der Waals surface area (Å²) in [5.74, 6) is 1.63. The van der Waals surface area contributed by atoms with Crippen LogP contribution in [0.3, 0.4) is 0 Å². The van der Waals surface area contributed by atoms with E-state index in [1.165, 1.54) is 0 Å². The van der Waals surface area contributed by atoms with Gasteiger partial charge in [0.05, 0.1) is 18.7 Å². The molecule has 24 heavy (non-hydrogen) atoms. The van der Waals surface area contributed by atoms with Crippen molar-refractivity contribution in [3.8, 4) is 5.75 Å². The van der Waals surface area contributed by atoms with Gasteiger partial charge in [0, 0.05) is 30.2 Å². The molecule has 0 unspecified atom stereocenters. The molecule has 2 N–H and O–H groups in total. The largest absolute Gasteiger partial charge is 0.508 e. The molecule has 2 heterocycles. The van der Waals surface area contributed by atoms with Crippen molar-refractivity contribution in [1.29, 1.82) is 0 Å². The standard InChI is InChI=1S/C18H18N4O2/c23-14-5-3-4-13(12-14)19-18-20-16-7-2-1-6-15(16)17(21-18)22-8-10-24-11-9-22/h1-7,12,23H,8-11H2,(H,19,20,21). The van der Waals surface area contributed by atoms with Gasteiger partial charge in [-0.05, 0) is 24.3 Å². The third-order valence-electron chi connectivity index (χ3n) is 4.00. The predicted octanol–water partition coefficient (Wildman–Crippen LogP) is 2.92. The number of ether oxygens (including phenoxy) is 1. The number of phenolic OH excluding ortho intramolecular Hbond substituents is 1. The van der Waals surface area contributed by atoms with Gasteiger partial charge < -0.3 is 20.1 Å². The van der Waals surface area contributed by atoms with Gasteiger partial charge in [-0.15, -0.1) is 0 Å². The van der Waals surface area contributed by atoms with Crippen LogP contribution in [0.15, 0.2) is 48.5 Å². The lowest BCUT2D eigenvalue weighted by atomic mass is 10.2. The van der Waals surface area contributed by atoms with Crippen LogP contribution in [0, 0.1) is 0 Å². The van der Waals surface area contributed by atoms with E-state index in [0.29, 0.717) is 19.2 Å². The molecule has 4 rings (SSSR count). The van der Waals surface area contributed by atoms with Gasteiger partial charge >= 0.3 is 0 Å². The number of hydrogen-bond acceptors (Lipinski definition) is 6. The number of anilines is 3. The van der Waals surface area contributed by atoms with Gasteiger partial charge in [0.15, 0.2) is 0 Å². The molecule has 1 aromatic heterocycles. The number of para-hydroxylation sites is 1. The van der Waals surface area contributed by atoms with Crippen molar-refractivity contribution < 1.29 is 9.84 Å². The lowest BCUT2D eigenvalue weighted by molar-refractivity contribution is 0.122. The number of phenols is 1. The first-order chi connectivity index (χ1) is 11.8. The van der Waals surface area contributed by atoms with Crippen molar-refractivity contribution in [1.82, 2.24) is 9.97 Å². The first-order valence-electron chi connectivity index (χ1n) is 7.95. The van der Waals surface area contributed by atoms with Crippen molar-refractivity contribution in [3.63, 3.8) is 0 Å². The number of fused-ring (bicyclic) bond motifs is 1. The Morgan fingerprint density at radius 3 is 2.67 bits per heavy atom. The third kappa shape index (κ3) is 2.96. The van der Waals surface area contributed by atoms with E-state index in [1.54, 1.807) is 18.2 Å². The maximum atomic E-state index is 9.62. The number of aromatic hydroxyl groups is 1. The number of hydrogen-bond donors (Lipinski definition) is 2. The highest BCUT2D eigenvalue weighted by Gasteiger charge is 2.17. The highest BCUT2D eigenvalue weighted by molar-refractivity contribution is 5.90. The third-order valence-corrected chi connectivity index (χ3v) is 4.00. The summed E-state index contributed by atoms with van der Waals surface area (Å²) < 4.78 is 5.44. The van der Waals surface area contributed by atoms with Crippen LogP contribution in [0.5, 0.6) is 5.75 Å². The van der Waals surface area contributed by atoms with Gasteiger partial charge in [0.2, 0.25) is 5.95 Å². The normalized spacial score (nSPS) is 14.8. The molecule has 2 aromatic carbocycles. The molecular weight excluding hydrogens is 304 g/mol. The van der Waals surface area contributed by atoms with Crippen LogP contribution in [0.4, 0.5) is 17.5 Å². The number of nitrogens with one attached hydrogen (secondary N) is 1. The van der Waals surface area contributed by atoms with Gasteiger partial charge in [-0.25, -0.2) is 4.98 Å². The van der Waals surface area contributed by atoms with Crippen molar-refractivity contribution >= 4 is 28.4 Å². The first-order valence-corrected chi connectivity index (χ1v) is 7.95. The summed E-state index contributed by atoms with van der Waals surface area (Å²) >= 11 is 0. The quantitative estimate of drug-likeness (QED) is 0.772. The van der Waals surface area contributed by atoms with Crippen molar-refractivity contribution in [2.24, 2.45) is 0 Å². The first kappa shape index (κ1) is 14.7. The Balaban J connectivity index is 1.76. The fourth-order valence-electron chi connectivity index (χ4n) is 2.84. The van der Waals surface area contributed by atoms with Gasteiger partial charge in [0.1, 0.15) is 11.6 Å². The Bertz CT molecular complexity index is 863. The second-order valence-electron chi connectivity index (χ2n) is 5.66. The second-order valence-corrected chi connectivity index (χ2v) is 5.66. The zero-order valence-corrected chi connectivity index (χ0v) is 13.1. The van der Waals surface area contributed by atoms with E-state index in [-0.39, 0.29) is 5.75 Å². The zero-order chi connectivity index (χ0) is 16.4. The van der Waals surface area contributed by atoms with Crippen LogP contribution >= 0.6 is 0 Å². The van der Waals surface area contributed by atoms with E-state index in [1.807, 2.05) is 30.3 Å². The van der Waals surface area contributed by atoms with Crippen molar-refractivity contribution in [3.05, 3.63) is 48.5 Å². The summed E-state index contributed by atoms with van der Waals surface area (Å²) in [5.41, 5.74) is 1.63. The summed E-state index contributed by atoms with van der Waals surface area (Å²) in [6, 6.07) is 14.9. The van der Waals surface area contributed by atoms with Gasteiger partial charge in [0.25, 0.3) is 0 Å². The lowest BCUT2D eigenvalue weighted by Crippen LogP contribution is -2.37. The van der Waals surface area contributed by atoms with Crippen molar-refractivity contribution in [2.75, 3.05) is 36.5 Å². The average Bonchev–Trinajstić information content (AvgIpc) is 2.62. The molecule has 0 aliphatic carbocycles. The van der Waals surface area contributed by atoms with E-state index < -0.39 is 0 Å². The minimum atomic E-state index is 0.203. The van der Waals surface area contributed by atoms with Gasteiger partial charge in [-0.3, -0.25) is 0 Å². The Morgan fingerprint density at radius 1 is 1.00 bits per heavy atom. The molecule has 122 valence electrons. The van der Waals surface area contributed by atoms with Crippen LogP contribution in [-0.2, 0) is 4.74 Å². The minimum absolute atomic E-state index is 0.203. The maximum Gasteiger partial charge on any atom is 0.229 e. The molecule has 6 heteroatoms. The highest BCUT2D eigenvalue weighted by atomic mass is 16.5. The van der Waals surface area contributed by atoms with Crippen LogP contribution in [-0.4, -0.2) is 41.4 Å². The fraction of sp³-hybridized carbons (Fsp3) is 0.222. The smallest absolute Gasteiger partial charge is 0.229 e. The molecule has 0 radical (unpaired) electrons. The molecule has 3 aromatic rings. The summed E-state index contributed by atoms with van der Waals surface area (Å²) in [5, 5.41) is 13.8. The summed E-state index contributed by atoms with van der Waals surface area (Å²) in [6.45, 7) is 3.03. The van der Waals surface area contributed by atoms with Crippen LogP contribution in [0.1, 0.15) is 0 Å². The summed E-state index contributed by atoms with van der Waals surface area (Å²) in [7, 11) is 0. The summed E-state index contributed by atoms with van der Waals surface area (Å²) in [4.78, 5) is 11.5. The van der Waals surface area contributed by atoms with Crippen LogP contribution < -0.4 is 10.2 Å². The molecule has 6 nitrogen and oxygen atoms in total. The number of nitrogens with zero attached hydrogens (tertiary/aromatic N) is 3. The minimum Gasteiger partial charge on any atom is -0.508 e. The molecule has 0 bridgehead atoms. The van der Waals surface area contributed by atoms with E-state index >= 15 is 0 Å². The Labute approximate surface area is 139 Å². The molecule has 1 saturated heterocycles. The highest BCUT2D eigenvalue weighted by Crippen LogP contribution is 2.27. The lowest BCUT2D eigenvalue weighted by Gasteiger charge is -2.29. The number of morpholine rings is 1. The number of benzene rings is 2. The SMILES string of the molecule is Oc1cccc(Nc2nc(N3CCOCC3)c3ccccc3n2)c1. The second kappa shape index (κ2) is 6.33. The van der Waals surface area contributed by atoms with Gasteiger partial charge in [-0.2, -0.15) is 4.98 Å². The molecule has 1 aliphatic rings. The van der Waals surface area contributed by atoms with E-state index in [4.69, 9.17) is 9.72 Å². The monoisotopic (exact) mass is 322 g/mol. The zero-order valence-electron chi connectivity index (χ0n) is 13.1. The topological polar surface area (TPSA) is 70.5 Å². The Hall–Kier alpha value is -2.86. The maximum absolute atomic E-state index is 9.62. The van der Waals surface area contributed by atoms with E-state index in [9.17, 15) is 5.11 Å². The predicted molar refractivity (Wildman–Crippen MR) is 94.0 cm³/mol. The summed E-state index contributed by atoms with van der Waals surface area (Å²) in [6.07, 6.45) is 0. The van der Waals surface area contributed by atoms with E-state index in [0.717, 1.165) is 35.5 Å². The van der Waals surface area contributed by atoms with Gasteiger partial charge in [-0.1, -0.05) is 18.2 Å².